The van der Waals surface area contributed by atoms with Gasteiger partial charge < -0.3 is 10.2 Å². The van der Waals surface area contributed by atoms with E-state index in [1.807, 2.05) is 43.4 Å². The van der Waals surface area contributed by atoms with Crippen LogP contribution in [-0.4, -0.2) is 13.0 Å². The highest BCUT2D eigenvalue weighted by atomic mass is 35.5. The Bertz CT molecular complexity index is 714. The number of carbonyl (C=O) groups is 1. The highest BCUT2D eigenvalue weighted by Crippen LogP contribution is 2.31. The summed E-state index contributed by atoms with van der Waals surface area (Å²) < 4.78 is 0. The normalized spacial score (nSPS) is 15.4. The summed E-state index contributed by atoms with van der Waals surface area (Å²) in [4.78, 5) is 13.5. The van der Waals surface area contributed by atoms with Crippen LogP contribution in [0.2, 0.25) is 5.02 Å². The van der Waals surface area contributed by atoms with Gasteiger partial charge in [-0.2, -0.15) is 0 Å². The largest absolute Gasteiger partial charge is 0.378 e. The van der Waals surface area contributed by atoms with Crippen molar-refractivity contribution in [3.63, 3.8) is 0 Å². The molecule has 0 aliphatic carbocycles. The smallest absolute Gasteiger partial charge is 0.227 e. The van der Waals surface area contributed by atoms with Crippen molar-refractivity contribution in [1.29, 1.82) is 0 Å². The number of hydrogen-bond donors (Lipinski definition) is 1. The molecule has 2 aromatic carbocycles. The quantitative estimate of drug-likeness (QED) is 0.909. The molecule has 0 saturated carbocycles. The number of anilines is 2. The van der Waals surface area contributed by atoms with Crippen LogP contribution in [0.5, 0.6) is 0 Å². The van der Waals surface area contributed by atoms with E-state index in [2.05, 4.69) is 18.3 Å². The molecule has 1 aliphatic rings. The van der Waals surface area contributed by atoms with Crippen molar-refractivity contribution >= 4 is 28.9 Å². The molecule has 0 fully saturated rings. The number of nitrogens with one attached hydrogen (secondary N) is 1. The lowest BCUT2D eigenvalue weighted by atomic mass is 10.0. The number of nitrogens with zero attached hydrogens (tertiary/aromatic N) is 1. The summed E-state index contributed by atoms with van der Waals surface area (Å²) in [5.74, 6) is 0.178. The lowest BCUT2D eigenvalue weighted by Crippen LogP contribution is -2.31. The average molecular weight is 315 g/mol. The first-order chi connectivity index (χ1) is 10.6. The predicted octanol–water partition coefficient (Wildman–Crippen LogP) is 4.42. The summed E-state index contributed by atoms with van der Waals surface area (Å²) in [7, 11) is 1.83. The second-order valence-electron chi connectivity index (χ2n) is 5.68. The molecule has 1 N–H and O–H groups in total. The first kappa shape index (κ1) is 14.9. The Balaban J connectivity index is 1.82. The molecular formula is C18H19ClN2O. The van der Waals surface area contributed by atoms with Crippen LogP contribution in [0.15, 0.2) is 42.5 Å². The first-order valence-electron chi connectivity index (χ1n) is 7.46. The monoisotopic (exact) mass is 314 g/mol. The predicted molar refractivity (Wildman–Crippen MR) is 91.7 cm³/mol. The van der Waals surface area contributed by atoms with Crippen LogP contribution in [-0.2, 0) is 11.2 Å². The second kappa shape index (κ2) is 6.01. The van der Waals surface area contributed by atoms with E-state index in [1.54, 1.807) is 4.90 Å². The molecule has 0 bridgehead atoms. The van der Waals surface area contributed by atoms with Gasteiger partial charge in [-0.25, -0.2) is 0 Å². The van der Waals surface area contributed by atoms with Crippen LogP contribution >= 0.6 is 11.6 Å². The van der Waals surface area contributed by atoms with Crippen LogP contribution in [0.3, 0.4) is 0 Å². The molecule has 1 aliphatic heterocycles. The summed E-state index contributed by atoms with van der Waals surface area (Å²) in [6.07, 6.45) is 1.38. The molecule has 1 unspecified atom stereocenters. The molecule has 1 atom stereocenters. The van der Waals surface area contributed by atoms with Gasteiger partial charge in [0.2, 0.25) is 5.91 Å². The van der Waals surface area contributed by atoms with Crippen molar-refractivity contribution < 1.29 is 4.79 Å². The molecule has 114 valence electrons. The minimum atomic E-state index is 0.120. The molecule has 3 rings (SSSR count). The van der Waals surface area contributed by atoms with Gasteiger partial charge in [0.25, 0.3) is 0 Å². The van der Waals surface area contributed by atoms with E-state index in [0.717, 1.165) is 28.4 Å². The third kappa shape index (κ3) is 2.81. The highest BCUT2D eigenvalue weighted by molar-refractivity contribution is 6.31. The third-order valence-corrected chi connectivity index (χ3v) is 4.52. The van der Waals surface area contributed by atoms with E-state index in [-0.39, 0.29) is 11.9 Å². The van der Waals surface area contributed by atoms with E-state index in [1.165, 1.54) is 5.56 Å². The summed E-state index contributed by atoms with van der Waals surface area (Å²) in [6, 6.07) is 14.1. The van der Waals surface area contributed by atoms with E-state index in [4.69, 9.17) is 11.6 Å². The number of halogens is 1. The molecule has 2 aromatic rings. The van der Waals surface area contributed by atoms with Gasteiger partial charge >= 0.3 is 0 Å². The van der Waals surface area contributed by atoms with Gasteiger partial charge in [-0.1, -0.05) is 29.8 Å². The average Bonchev–Trinajstić information content (AvgIpc) is 2.51. The summed E-state index contributed by atoms with van der Waals surface area (Å²) in [5, 5.41) is 4.26. The number of carbonyl (C=O) groups excluding carboxylic acids is 1. The third-order valence-electron chi connectivity index (χ3n) is 4.18. The highest BCUT2D eigenvalue weighted by Gasteiger charge is 2.21. The zero-order valence-electron chi connectivity index (χ0n) is 12.8. The van der Waals surface area contributed by atoms with Gasteiger partial charge in [0.15, 0.2) is 0 Å². The molecular weight excluding hydrogens is 296 g/mol. The number of amides is 1. The van der Waals surface area contributed by atoms with Gasteiger partial charge in [-0.3, -0.25) is 4.79 Å². The minimum Gasteiger partial charge on any atom is -0.378 e. The van der Waals surface area contributed by atoms with E-state index in [0.29, 0.717) is 6.42 Å². The number of benzene rings is 2. The van der Waals surface area contributed by atoms with Crippen LogP contribution in [0, 0.1) is 0 Å². The Morgan fingerprint density at radius 3 is 2.73 bits per heavy atom. The standard InChI is InChI=1S/C18H19ClN2O/c1-12(15-5-3-4-6-16(15)19)20-14-8-9-17-13(11-14)7-10-18(22)21(17)2/h3-6,8-9,11-12,20H,7,10H2,1-2H3. The molecule has 3 nitrogen and oxygen atoms in total. The molecule has 0 spiro atoms. The van der Waals surface area contributed by atoms with Gasteiger partial charge in [0, 0.05) is 35.9 Å². The topological polar surface area (TPSA) is 32.3 Å². The van der Waals surface area contributed by atoms with Crippen LogP contribution in [0.4, 0.5) is 11.4 Å². The van der Waals surface area contributed by atoms with Crippen LogP contribution in [0.25, 0.3) is 0 Å². The first-order valence-corrected chi connectivity index (χ1v) is 7.84. The molecule has 4 heteroatoms. The van der Waals surface area contributed by atoms with Crippen LogP contribution < -0.4 is 10.2 Å². The zero-order chi connectivity index (χ0) is 15.7. The number of fused-ring (bicyclic) bond motifs is 1. The van der Waals surface area contributed by atoms with Gasteiger partial charge in [0.1, 0.15) is 0 Å². The maximum Gasteiger partial charge on any atom is 0.227 e. The lowest BCUT2D eigenvalue weighted by molar-refractivity contribution is -0.118. The SMILES string of the molecule is CC(Nc1ccc2c(c1)CCC(=O)N2C)c1ccccc1Cl. The van der Waals surface area contributed by atoms with E-state index >= 15 is 0 Å². The van der Waals surface area contributed by atoms with Crippen molar-refractivity contribution in [2.45, 2.75) is 25.8 Å². The van der Waals surface area contributed by atoms with Gasteiger partial charge in [-0.05, 0) is 48.7 Å². The number of hydrogen-bond acceptors (Lipinski definition) is 2. The van der Waals surface area contributed by atoms with Crippen molar-refractivity contribution in [3.8, 4) is 0 Å². The Morgan fingerprint density at radius 2 is 1.95 bits per heavy atom. The van der Waals surface area contributed by atoms with E-state index in [9.17, 15) is 4.79 Å². The molecule has 22 heavy (non-hydrogen) atoms. The molecule has 0 saturated heterocycles. The van der Waals surface area contributed by atoms with Crippen molar-refractivity contribution in [2.24, 2.45) is 0 Å². The Labute approximate surface area is 135 Å². The van der Waals surface area contributed by atoms with Gasteiger partial charge in [0.05, 0.1) is 0 Å². The van der Waals surface area contributed by atoms with E-state index < -0.39 is 0 Å². The van der Waals surface area contributed by atoms with Crippen LogP contribution in [0.1, 0.15) is 30.5 Å². The lowest BCUT2D eigenvalue weighted by Gasteiger charge is -2.27. The fourth-order valence-corrected chi connectivity index (χ4v) is 3.20. The van der Waals surface area contributed by atoms with Crippen molar-refractivity contribution in [1.82, 2.24) is 0 Å². The summed E-state index contributed by atoms with van der Waals surface area (Å²) >= 11 is 6.25. The maximum absolute atomic E-state index is 11.7. The molecule has 1 amide bonds. The Hall–Kier alpha value is -2.00. The fraction of sp³-hybridized carbons (Fsp3) is 0.278. The zero-order valence-corrected chi connectivity index (χ0v) is 13.5. The van der Waals surface area contributed by atoms with Crippen molar-refractivity contribution in [3.05, 3.63) is 58.6 Å². The van der Waals surface area contributed by atoms with Crippen molar-refractivity contribution in [2.75, 3.05) is 17.3 Å². The molecule has 1 heterocycles. The maximum atomic E-state index is 11.7. The summed E-state index contributed by atoms with van der Waals surface area (Å²) in [5.41, 5.74) is 4.34. The van der Waals surface area contributed by atoms with Gasteiger partial charge in [-0.15, -0.1) is 0 Å². The Kier molecular flexibility index (Phi) is 4.08. The number of aryl methyl sites for hydroxylation is 1. The fourth-order valence-electron chi connectivity index (χ4n) is 2.90. The molecule has 0 aromatic heterocycles. The Morgan fingerprint density at radius 1 is 1.18 bits per heavy atom. The number of rotatable bonds is 3. The second-order valence-corrected chi connectivity index (χ2v) is 6.09. The minimum absolute atomic E-state index is 0.120. The molecule has 0 radical (unpaired) electrons. The summed E-state index contributed by atoms with van der Waals surface area (Å²) in [6.45, 7) is 2.09.